The van der Waals surface area contributed by atoms with Crippen LogP contribution in [-0.4, -0.2) is 35.3 Å². The summed E-state index contributed by atoms with van der Waals surface area (Å²) in [5, 5.41) is 17.5. The summed E-state index contributed by atoms with van der Waals surface area (Å²) in [4.78, 5) is 4.83. The van der Waals surface area contributed by atoms with Gasteiger partial charge in [0, 0.05) is 47.8 Å². The van der Waals surface area contributed by atoms with E-state index in [2.05, 4.69) is 54.5 Å². The summed E-state index contributed by atoms with van der Waals surface area (Å²) in [7, 11) is 7.84. The van der Waals surface area contributed by atoms with Gasteiger partial charge in [-0.25, -0.2) is 18.3 Å². The van der Waals surface area contributed by atoms with Crippen LogP contribution in [0.4, 0.5) is 34.6 Å². The van der Waals surface area contributed by atoms with Gasteiger partial charge in [-0.05, 0) is 48.5 Å². The van der Waals surface area contributed by atoms with E-state index in [0.29, 0.717) is 0 Å². The molecule has 0 amide bonds. The minimum atomic E-state index is 0. The first kappa shape index (κ1) is 29.2. The predicted molar refractivity (Wildman–Crippen MR) is 139 cm³/mol. The second-order valence-electron chi connectivity index (χ2n) is 9.05. The van der Waals surface area contributed by atoms with Crippen LogP contribution in [0.3, 0.4) is 0 Å². The molecular weight excluding hydrogens is 612 g/mol. The van der Waals surface area contributed by atoms with Crippen LogP contribution in [0.5, 0.6) is 0 Å². The van der Waals surface area contributed by atoms with Gasteiger partial charge in [0.25, 0.3) is 0 Å². The van der Waals surface area contributed by atoms with Crippen molar-refractivity contribution in [3.63, 3.8) is 0 Å². The molecule has 0 unspecified atom stereocenters. The van der Waals surface area contributed by atoms with Crippen molar-refractivity contribution in [3.8, 4) is 0 Å². The van der Waals surface area contributed by atoms with E-state index in [9.17, 15) is 0 Å². The fraction of sp³-hybridized carbons (Fsp3) is 0.308. The van der Waals surface area contributed by atoms with Gasteiger partial charge in [0.05, 0.1) is 53.0 Å². The molecule has 4 aromatic rings. The van der Waals surface area contributed by atoms with E-state index in [0.717, 1.165) is 49.5 Å². The van der Waals surface area contributed by atoms with Crippen LogP contribution in [0.2, 0.25) is 0 Å². The molecule has 0 atom stereocenters. The minimum absolute atomic E-state index is 0. The molecule has 0 spiro atoms. The van der Waals surface area contributed by atoms with Crippen molar-refractivity contribution < 1.29 is 43.1 Å². The van der Waals surface area contributed by atoms with Gasteiger partial charge in [0.2, 0.25) is 0 Å². The van der Waals surface area contributed by atoms with Crippen LogP contribution in [-0.2, 0) is 28.2 Å². The number of imidazole rings is 2. The Balaban J connectivity index is 0.00000200. The molecule has 0 saturated carbocycles. The number of anilines is 2. The van der Waals surface area contributed by atoms with Gasteiger partial charge in [-0.15, -0.1) is 0 Å². The first-order chi connectivity index (χ1) is 17.5. The molecule has 1 saturated heterocycles. The molecule has 1 aliphatic heterocycles. The Bertz CT molecular complexity index is 1240. The van der Waals surface area contributed by atoms with Gasteiger partial charge >= 0.3 is 11.9 Å². The first-order valence-corrected chi connectivity index (χ1v) is 12.0. The zero-order valence-electron chi connectivity index (χ0n) is 22.0. The highest BCUT2D eigenvalue weighted by Crippen LogP contribution is 2.25. The fourth-order valence-corrected chi connectivity index (χ4v) is 4.33. The predicted octanol–water partition coefficient (Wildman–Crippen LogP) is -1.82. The van der Waals surface area contributed by atoms with Gasteiger partial charge in [-0.2, -0.15) is 0 Å². The average Bonchev–Trinajstić information content (AvgIpc) is 3.41. The highest BCUT2D eigenvalue weighted by atomic mass is 79.9. The van der Waals surface area contributed by atoms with Crippen molar-refractivity contribution in [2.45, 2.75) is 0 Å². The maximum atomic E-state index is 4.39. The second-order valence-corrected chi connectivity index (χ2v) is 9.05. The summed E-state index contributed by atoms with van der Waals surface area (Å²) in [5.41, 5.74) is 4.11. The summed E-state index contributed by atoms with van der Waals surface area (Å²) in [6.07, 6.45) is 7.84. The Labute approximate surface area is 244 Å². The summed E-state index contributed by atoms with van der Waals surface area (Å²) in [6.45, 7) is 3.86. The maximum absolute atomic E-state index is 4.39. The Morgan fingerprint density at radius 2 is 0.895 bits per heavy atom. The molecule has 200 valence electrons. The van der Waals surface area contributed by atoms with Gasteiger partial charge in [-0.3, -0.25) is 0 Å². The Morgan fingerprint density at radius 3 is 1.18 bits per heavy atom. The largest absolute Gasteiger partial charge is 1.00 e. The van der Waals surface area contributed by atoms with Crippen molar-refractivity contribution in [3.05, 3.63) is 73.3 Å². The van der Waals surface area contributed by atoms with E-state index in [4.69, 9.17) is 0 Å². The third kappa shape index (κ3) is 6.54. The van der Waals surface area contributed by atoms with Crippen molar-refractivity contribution in [2.24, 2.45) is 48.6 Å². The van der Waals surface area contributed by atoms with Gasteiger partial charge in [0.1, 0.15) is 11.4 Å². The quantitative estimate of drug-likeness (QED) is 0.183. The Morgan fingerprint density at radius 1 is 0.553 bits per heavy atom. The molecule has 0 aliphatic carbocycles. The van der Waals surface area contributed by atoms with Crippen LogP contribution < -0.4 is 52.9 Å². The summed E-state index contributed by atoms with van der Waals surface area (Å²) in [5.74, 6) is 1.60. The molecule has 38 heavy (non-hydrogen) atoms. The third-order valence-electron chi connectivity index (χ3n) is 6.51. The first-order valence-electron chi connectivity index (χ1n) is 12.0. The smallest absolute Gasteiger partial charge is 0.421 e. The maximum Gasteiger partial charge on any atom is 0.421 e. The Kier molecular flexibility index (Phi) is 9.92. The van der Waals surface area contributed by atoms with Crippen molar-refractivity contribution in [1.29, 1.82) is 0 Å². The molecule has 2 aromatic carbocycles. The second kappa shape index (κ2) is 12.9. The summed E-state index contributed by atoms with van der Waals surface area (Å²) >= 11 is 0. The number of halogens is 2. The molecule has 0 bridgehead atoms. The molecule has 1 aliphatic rings. The average molecular weight is 644 g/mol. The van der Waals surface area contributed by atoms with Crippen molar-refractivity contribution in [1.82, 2.24) is 9.13 Å². The zero-order chi connectivity index (χ0) is 25.1. The number of aryl methyl sites for hydroxylation is 4. The summed E-state index contributed by atoms with van der Waals surface area (Å²) < 4.78 is 7.78. The number of piperazine rings is 1. The van der Waals surface area contributed by atoms with Gasteiger partial charge in [0.15, 0.2) is 0 Å². The van der Waals surface area contributed by atoms with Crippen molar-refractivity contribution in [2.75, 3.05) is 36.0 Å². The molecule has 12 heteroatoms. The number of rotatable bonds is 6. The van der Waals surface area contributed by atoms with Crippen LogP contribution >= 0.6 is 0 Å². The monoisotopic (exact) mass is 642 g/mol. The number of aromatic nitrogens is 4. The molecule has 10 nitrogen and oxygen atoms in total. The van der Waals surface area contributed by atoms with E-state index in [1.165, 1.54) is 11.4 Å². The zero-order valence-corrected chi connectivity index (χ0v) is 25.2. The van der Waals surface area contributed by atoms with E-state index in [1.807, 2.05) is 95.5 Å². The van der Waals surface area contributed by atoms with Gasteiger partial charge < -0.3 is 43.8 Å². The molecule has 2 aromatic heterocycles. The topological polar surface area (TPSA) is 73.5 Å². The standard InChI is InChI=1S/C26H32N10.2BrH/c1-31-13-14-32(2)25(31)29-27-21-5-9-23(10-6-21)35-17-19-36(20-18-35)24-11-7-22(8-12-24)28-30-26-33(3)15-16-34(26)4;;/h5-16H,17-20H2,1-4H3;2*1H/q+2;;/p-2. The van der Waals surface area contributed by atoms with Crippen LogP contribution in [0.25, 0.3) is 0 Å². The minimum Gasteiger partial charge on any atom is -1.00 e. The SMILES string of the molecule is Cn1cc[n+](C)c1N=Nc1ccc(N2CCN(c3ccc(N=Nc4n(C)cc[n+]4C)cc3)CC2)cc1.[Br-].[Br-]. The number of azo groups is 2. The highest BCUT2D eigenvalue weighted by Gasteiger charge is 2.18. The molecule has 5 rings (SSSR count). The number of benzene rings is 2. The van der Waals surface area contributed by atoms with Crippen LogP contribution in [0.1, 0.15) is 0 Å². The van der Waals surface area contributed by atoms with Crippen LogP contribution in [0.15, 0.2) is 93.8 Å². The normalized spacial score (nSPS) is 13.7. The number of nitrogens with zero attached hydrogens (tertiary/aromatic N) is 10. The lowest BCUT2D eigenvalue weighted by molar-refractivity contribution is -0.657. The van der Waals surface area contributed by atoms with Crippen LogP contribution in [0, 0.1) is 0 Å². The van der Waals surface area contributed by atoms with Crippen molar-refractivity contribution >= 4 is 34.6 Å². The van der Waals surface area contributed by atoms with E-state index < -0.39 is 0 Å². The summed E-state index contributed by atoms with van der Waals surface area (Å²) in [6, 6.07) is 16.6. The van der Waals surface area contributed by atoms with Gasteiger partial charge in [-0.1, -0.05) is 10.2 Å². The lowest BCUT2D eigenvalue weighted by atomic mass is 10.2. The molecular formula is C26H32Br2N10. The molecule has 1 fully saturated rings. The Hall–Kier alpha value is -3.38. The molecule has 0 N–H and O–H groups in total. The van der Waals surface area contributed by atoms with E-state index in [1.54, 1.807) is 0 Å². The van der Waals surface area contributed by atoms with E-state index >= 15 is 0 Å². The lowest BCUT2D eigenvalue weighted by Crippen LogP contribution is -3.00. The fourth-order valence-electron chi connectivity index (χ4n) is 4.33. The lowest BCUT2D eigenvalue weighted by Gasteiger charge is -2.37. The number of hydrogen-bond donors (Lipinski definition) is 0. The highest BCUT2D eigenvalue weighted by molar-refractivity contribution is 5.56. The number of hydrogen-bond acceptors (Lipinski definition) is 6. The third-order valence-corrected chi connectivity index (χ3v) is 6.51. The molecule has 3 heterocycles. The molecule has 0 radical (unpaired) electrons. The van der Waals surface area contributed by atoms with E-state index in [-0.39, 0.29) is 34.0 Å².